The smallest absolute Gasteiger partial charge is 0.337 e. The van der Waals surface area contributed by atoms with E-state index in [1.807, 2.05) is 0 Å². The summed E-state index contributed by atoms with van der Waals surface area (Å²) in [5, 5.41) is 11.6. The molecular weight excluding hydrogens is 220 g/mol. The van der Waals surface area contributed by atoms with Gasteiger partial charge in [-0.1, -0.05) is 13.3 Å². The van der Waals surface area contributed by atoms with Crippen molar-refractivity contribution in [3.05, 3.63) is 29.6 Å². The highest BCUT2D eigenvalue weighted by Gasteiger charge is 2.36. The molecule has 90 valence electrons. The molecule has 0 aliphatic heterocycles. The zero-order valence-corrected chi connectivity index (χ0v) is 9.51. The van der Waals surface area contributed by atoms with E-state index in [0.29, 0.717) is 5.92 Å². The van der Waals surface area contributed by atoms with Gasteiger partial charge in [0.1, 0.15) is 5.69 Å². The molecule has 0 bridgehead atoms. The van der Waals surface area contributed by atoms with Crippen molar-refractivity contribution >= 4 is 11.9 Å². The van der Waals surface area contributed by atoms with E-state index in [4.69, 9.17) is 5.11 Å². The number of amides is 1. The van der Waals surface area contributed by atoms with E-state index in [1.54, 1.807) is 0 Å². The number of carboxylic acid groups (broad SMARTS) is 1. The SMILES string of the molecule is CCC1CC1NC(=O)c1ccc(C(=O)O)cn1. The highest BCUT2D eigenvalue weighted by Crippen LogP contribution is 2.33. The molecule has 2 N–H and O–H groups in total. The van der Waals surface area contributed by atoms with E-state index in [2.05, 4.69) is 17.2 Å². The van der Waals surface area contributed by atoms with Gasteiger partial charge in [0, 0.05) is 12.2 Å². The molecule has 0 aromatic carbocycles. The Morgan fingerprint density at radius 2 is 2.29 bits per heavy atom. The predicted octanol–water partition coefficient (Wildman–Crippen LogP) is 1.31. The molecule has 1 aliphatic rings. The normalized spacial score (nSPS) is 21.9. The minimum absolute atomic E-state index is 0.0828. The zero-order valence-electron chi connectivity index (χ0n) is 9.51. The summed E-state index contributed by atoms with van der Waals surface area (Å²) >= 11 is 0. The Morgan fingerprint density at radius 1 is 1.53 bits per heavy atom. The number of aromatic nitrogens is 1. The van der Waals surface area contributed by atoms with Crippen molar-refractivity contribution in [2.24, 2.45) is 5.92 Å². The molecule has 1 heterocycles. The summed E-state index contributed by atoms with van der Waals surface area (Å²) < 4.78 is 0. The second kappa shape index (κ2) is 4.53. The number of carboxylic acids is 1. The van der Waals surface area contributed by atoms with Gasteiger partial charge in [-0.15, -0.1) is 0 Å². The molecule has 2 unspecified atom stereocenters. The number of hydrogen-bond acceptors (Lipinski definition) is 3. The minimum atomic E-state index is -1.04. The summed E-state index contributed by atoms with van der Waals surface area (Å²) in [4.78, 5) is 26.2. The van der Waals surface area contributed by atoms with Crippen molar-refractivity contribution in [2.75, 3.05) is 0 Å². The summed E-state index contributed by atoms with van der Waals surface area (Å²) in [7, 11) is 0. The van der Waals surface area contributed by atoms with E-state index in [-0.39, 0.29) is 23.2 Å². The van der Waals surface area contributed by atoms with Crippen LogP contribution in [0, 0.1) is 5.92 Å². The molecule has 2 atom stereocenters. The van der Waals surface area contributed by atoms with Gasteiger partial charge in [0.05, 0.1) is 5.56 Å². The first-order valence-corrected chi connectivity index (χ1v) is 5.62. The lowest BCUT2D eigenvalue weighted by molar-refractivity contribution is 0.0695. The third-order valence-corrected chi connectivity index (χ3v) is 3.01. The van der Waals surface area contributed by atoms with Crippen molar-refractivity contribution < 1.29 is 14.7 Å². The molecule has 5 heteroatoms. The molecule has 0 spiro atoms. The summed E-state index contributed by atoms with van der Waals surface area (Å²) in [5.41, 5.74) is 0.344. The van der Waals surface area contributed by atoms with Crippen molar-refractivity contribution in [3.8, 4) is 0 Å². The van der Waals surface area contributed by atoms with Gasteiger partial charge < -0.3 is 10.4 Å². The third-order valence-electron chi connectivity index (χ3n) is 3.01. The number of aromatic carboxylic acids is 1. The molecule has 0 radical (unpaired) electrons. The van der Waals surface area contributed by atoms with E-state index in [0.717, 1.165) is 12.8 Å². The summed E-state index contributed by atoms with van der Waals surface area (Å²) in [5.74, 6) is -0.696. The summed E-state index contributed by atoms with van der Waals surface area (Å²) in [6.07, 6.45) is 3.28. The van der Waals surface area contributed by atoms with Gasteiger partial charge >= 0.3 is 5.97 Å². The van der Waals surface area contributed by atoms with Crippen LogP contribution in [0.4, 0.5) is 0 Å². The first-order valence-electron chi connectivity index (χ1n) is 5.62. The summed E-state index contributed by atoms with van der Waals surface area (Å²) in [6.45, 7) is 2.09. The van der Waals surface area contributed by atoms with E-state index in [9.17, 15) is 9.59 Å². The molecule has 1 saturated carbocycles. The van der Waals surface area contributed by atoms with E-state index >= 15 is 0 Å². The number of nitrogens with one attached hydrogen (secondary N) is 1. The van der Waals surface area contributed by atoms with Gasteiger partial charge in [-0.25, -0.2) is 4.79 Å². The fourth-order valence-electron chi connectivity index (χ4n) is 1.77. The standard InChI is InChI=1S/C12H14N2O3/c1-2-7-5-10(7)14-11(15)9-4-3-8(6-13-9)12(16)17/h3-4,6-7,10H,2,5H2,1H3,(H,14,15)(H,16,17). The van der Waals surface area contributed by atoms with Crippen LogP contribution < -0.4 is 5.32 Å². The van der Waals surface area contributed by atoms with Crippen LogP contribution in [0.1, 0.15) is 40.6 Å². The Balaban J connectivity index is 1.97. The number of carbonyl (C=O) groups is 2. The topological polar surface area (TPSA) is 79.3 Å². The fraction of sp³-hybridized carbons (Fsp3) is 0.417. The van der Waals surface area contributed by atoms with Crippen LogP contribution in [0.3, 0.4) is 0 Å². The molecule has 1 aromatic heterocycles. The first-order chi connectivity index (χ1) is 8.11. The van der Waals surface area contributed by atoms with Gasteiger partial charge in [0.2, 0.25) is 0 Å². The lowest BCUT2D eigenvalue weighted by Gasteiger charge is -2.03. The molecule has 1 aliphatic carbocycles. The Morgan fingerprint density at radius 3 is 2.76 bits per heavy atom. The van der Waals surface area contributed by atoms with Crippen molar-refractivity contribution in [1.29, 1.82) is 0 Å². The maximum Gasteiger partial charge on any atom is 0.337 e. The molecule has 17 heavy (non-hydrogen) atoms. The molecule has 1 fully saturated rings. The van der Waals surface area contributed by atoms with Crippen molar-refractivity contribution in [1.82, 2.24) is 10.3 Å². The molecule has 2 rings (SSSR count). The second-order valence-electron chi connectivity index (χ2n) is 4.22. The average Bonchev–Trinajstić information content (AvgIpc) is 3.07. The number of carbonyl (C=O) groups excluding carboxylic acids is 1. The van der Waals surface area contributed by atoms with Gasteiger partial charge in [-0.05, 0) is 24.5 Å². The van der Waals surface area contributed by atoms with Gasteiger partial charge in [0.15, 0.2) is 0 Å². The van der Waals surface area contributed by atoms with Crippen LogP contribution in [-0.4, -0.2) is 28.0 Å². The summed E-state index contributed by atoms with van der Waals surface area (Å²) in [6, 6.07) is 3.07. The monoisotopic (exact) mass is 234 g/mol. The molecular formula is C12H14N2O3. The molecule has 1 amide bonds. The highest BCUT2D eigenvalue weighted by molar-refractivity contribution is 5.94. The Kier molecular flexibility index (Phi) is 3.08. The second-order valence-corrected chi connectivity index (χ2v) is 4.22. The lowest BCUT2D eigenvalue weighted by Crippen LogP contribution is -2.27. The van der Waals surface area contributed by atoms with Crippen LogP contribution in [0.25, 0.3) is 0 Å². The van der Waals surface area contributed by atoms with Gasteiger partial charge in [0.25, 0.3) is 5.91 Å². The van der Waals surface area contributed by atoms with E-state index < -0.39 is 5.97 Å². The Hall–Kier alpha value is -1.91. The van der Waals surface area contributed by atoms with Crippen LogP contribution in [0.2, 0.25) is 0 Å². The quantitative estimate of drug-likeness (QED) is 0.823. The minimum Gasteiger partial charge on any atom is -0.478 e. The van der Waals surface area contributed by atoms with Crippen LogP contribution in [0.5, 0.6) is 0 Å². The molecule has 1 aromatic rings. The van der Waals surface area contributed by atoms with Gasteiger partial charge in [-0.3, -0.25) is 9.78 Å². The van der Waals surface area contributed by atoms with Gasteiger partial charge in [-0.2, -0.15) is 0 Å². The molecule has 0 saturated heterocycles. The lowest BCUT2D eigenvalue weighted by atomic mass is 10.2. The molecule has 5 nitrogen and oxygen atoms in total. The van der Waals surface area contributed by atoms with Crippen LogP contribution in [0.15, 0.2) is 18.3 Å². The Bertz CT molecular complexity index is 442. The fourth-order valence-corrected chi connectivity index (χ4v) is 1.77. The largest absolute Gasteiger partial charge is 0.478 e. The predicted molar refractivity (Wildman–Crippen MR) is 60.8 cm³/mol. The maximum atomic E-state index is 11.7. The number of hydrogen-bond donors (Lipinski definition) is 2. The third kappa shape index (κ3) is 2.61. The Labute approximate surface area is 98.9 Å². The maximum absolute atomic E-state index is 11.7. The van der Waals surface area contributed by atoms with Crippen LogP contribution in [-0.2, 0) is 0 Å². The van der Waals surface area contributed by atoms with Crippen LogP contribution >= 0.6 is 0 Å². The van der Waals surface area contributed by atoms with E-state index in [1.165, 1.54) is 18.3 Å². The highest BCUT2D eigenvalue weighted by atomic mass is 16.4. The van der Waals surface area contributed by atoms with Crippen molar-refractivity contribution in [3.63, 3.8) is 0 Å². The first kappa shape index (κ1) is 11.6. The number of nitrogens with zero attached hydrogens (tertiary/aromatic N) is 1. The number of pyridine rings is 1. The number of rotatable bonds is 4. The average molecular weight is 234 g/mol. The zero-order chi connectivity index (χ0) is 12.4. The van der Waals surface area contributed by atoms with Crippen molar-refractivity contribution in [2.45, 2.75) is 25.8 Å².